The molecule has 1 aromatic rings. The summed E-state index contributed by atoms with van der Waals surface area (Å²) >= 11 is 0. The lowest BCUT2D eigenvalue weighted by Crippen LogP contribution is -2.45. The van der Waals surface area contributed by atoms with Crippen LogP contribution in [0.3, 0.4) is 0 Å². The van der Waals surface area contributed by atoms with Gasteiger partial charge in [0.15, 0.2) is 0 Å². The van der Waals surface area contributed by atoms with Gasteiger partial charge in [-0.15, -0.1) is 0 Å². The maximum atomic E-state index is 9.85. The van der Waals surface area contributed by atoms with Crippen LogP contribution in [0.25, 0.3) is 0 Å². The minimum Gasteiger partial charge on any atom is -0.396 e. The summed E-state index contributed by atoms with van der Waals surface area (Å²) in [6, 6.07) is 10.7. The number of rotatable bonds is 19. The van der Waals surface area contributed by atoms with E-state index in [0.717, 1.165) is 32.4 Å². The van der Waals surface area contributed by atoms with Gasteiger partial charge in [-0.05, 0) is 31.2 Å². The number of nitrogens with zero attached hydrogens (tertiary/aromatic N) is 2. The zero-order chi connectivity index (χ0) is 22.7. The van der Waals surface area contributed by atoms with Crippen molar-refractivity contribution < 1.29 is 5.11 Å². The van der Waals surface area contributed by atoms with Crippen molar-refractivity contribution in [1.82, 2.24) is 4.90 Å². The predicted molar refractivity (Wildman–Crippen MR) is 139 cm³/mol. The summed E-state index contributed by atoms with van der Waals surface area (Å²) in [5.41, 5.74) is 1.08. The number of unbranched alkanes of at least 4 members (excludes halogenated alkanes) is 12. The van der Waals surface area contributed by atoms with Crippen molar-refractivity contribution in [2.75, 3.05) is 19.7 Å². The Kier molecular flexibility index (Phi) is 14.1. The van der Waals surface area contributed by atoms with Gasteiger partial charge in [-0.1, -0.05) is 120 Å². The van der Waals surface area contributed by atoms with Crippen molar-refractivity contribution in [3.63, 3.8) is 0 Å². The first-order valence-corrected chi connectivity index (χ1v) is 13.4. The summed E-state index contributed by atoms with van der Waals surface area (Å²) in [6.07, 6.45) is 26.3. The van der Waals surface area contributed by atoms with Gasteiger partial charge in [0.05, 0.1) is 18.4 Å². The van der Waals surface area contributed by atoms with E-state index in [-0.39, 0.29) is 12.1 Å². The van der Waals surface area contributed by atoms with Crippen LogP contribution in [0.15, 0.2) is 47.5 Å². The zero-order valence-corrected chi connectivity index (χ0v) is 20.7. The van der Waals surface area contributed by atoms with Crippen molar-refractivity contribution in [3.05, 3.63) is 48.0 Å². The molecule has 0 spiro atoms. The molecule has 0 aromatic heterocycles. The van der Waals surface area contributed by atoms with E-state index in [1.807, 2.05) is 6.34 Å². The Bertz CT molecular complexity index is 627. The van der Waals surface area contributed by atoms with Gasteiger partial charge in [0.25, 0.3) is 0 Å². The first kappa shape index (κ1) is 26.6. The predicted octanol–water partition coefficient (Wildman–Crippen LogP) is 7.65. The summed E-state index contributed by atoms with van der Waals surface area (Å²) in [5.74, 6) is 0. The molecule has 0 aliphatic carbocycles. The van der Waals surface area contributed by atoms with Crippen molar-refractivity contribution in [2.24, 2.45) is 4.99 Å². The highest BCUT2D eigenvalue weighted by Gasteiger charge is 2.36. The fourth-order valence-electron chi connectivity index (χ4n) is 4.93. The summed E-state index contributed by atoms with van der Waals surface area (Å²) in [5, 5.41) is 9.85. The standard InChI is InChI=1S/C29H48N2O/c1-2-3-4-5-6-7-8-9-10-11-12-13-14-15-19-22-29(23-26-32,31-25-24-30-27-31)28-20-17-16-18-21-28/h15-21,27,32H,2-14,22-26H2,1H3. The molecule has 1 atom stereocenters. The van der Waals surface area contributed by atoms with Crippen LogP contribution >= 0.6 is 0 Å². The van der Waals surface area contributed by atoms with Crippen molar-refractivity contribution in [1.29, 1.82) is 0 Å². The van der Waals surface area contributed by atoms with Crippen LogP contribution in [0.5, 0.6) is 0 Å². The average Bonchev–Trinajstić information content (AvgIpc) is 3.37. The highest BCUT2D eigenvalue weighted by molar-refractivity contribution is 5.59. The molecular weight excluding hydrogens is 392 g/mol. The molecule has 2 rings (SSSR count). The fourth-order valence-corrected chi connectivity index (χ4v) is 4.93. The largest absolute Gasteiger partial charge is 0.396 e. The van der Waals surface area contributed by atoms with Crippen LogP contribution in [-0.4, -0.2) is 36.0 Å². The molecule has 0 fully saturated rings. The van der Waals surface area contributed by atoms with Crippen LogP contribution in [0.2, 0.25) is 0 Å². The first-order valence-electron chi connectivity index (χ1n) is 13.4. The number of benzene rings is 1. The van der Waals surface area contributed by atoms with Crippen molar-refractivity contribution in [3.8, 4) is 0 Å². The van der Waals surface area contributed by atoms with Gasteiger partial charge in [0.2, 0.25) is 0 Å². The third-order valence-corrected chi connectivity index (χ3v) is 6.92. The molecule has 0 radical (unpaired) electrons. The monoisotopic (exact) mass is 440 g/mol. The molecule has 1 aromatic carbocycles. The summed E-state index contributed by atoms with van der Waals surface area (Å²) in [4.78, 5) is 6.79. The number of aliphatic hydroxyl groups is 1. The molecule has 1 N–H and O–H groups in total. The second-order valence-corrected chi connectivity index (χ2v) is 9.44. The zero-order valence-electron chi connectivity index (χ0n) is 20.7. The number of hydrogen-bond acceptors (Lipinski definition) is 3. The van der Waals surface area contributed by atoms with Crippen LogP contribution < -0.4 is 0 Å². The van der Waals surface area contributed by atoms with Gasteiger partial charge < -0.3 is 10.0 Å². The molecule has 180 valence electrons. The number of allylic oxidation sites excluding steroid dienone is 1. The van der Waals surface area contributed by atoms with Crippen molar-refractivity contribution in [2.45, 2.75) is 109 Å². The second kappa shape index (κ2) is 16.9. The van der Waals surface area contributed by atoms with Crippen LogP contribution in [-0.2, 0) is 5.54 Å². The summed E-state index contributed by atoms with van der Waals surface area (Å²) < 4.78 is 0. The van der Waals surface area contributed by atoms with E-state index < -0.39 is 0 Å². The molecular formula is C29H48N2O. The topological polar surface area (TPSA) is 35.8 Å². The molecule has 0 amide bonds. The molecule has 0 saturated carbocycles. The molecule has 0 bridgehead atoms. The lowest BCUT2D eigenvalue weighted by molar-refractivity contribution is 0.136. The lowest BCUT2D eigenvalue weighted by Gasteiger charge is -2.41. The van der Waals surface area contributed by atoms with E-state index >= 15 is 0 Å². The number of aliphatic hydroxyl groups excluding tert-OH is 1. The molecule has 1 aliphatic heterocycles. The lowest BCUT2D eigenvalue weighted by atomic mass is 9.82. The molecule has 3 heteroatoms. The van der Waals surface area contributed by atoms with E-state index in [9.17, 15) is 5.11 Å². The third-order valence-electron chi connectivity index (χ3n) is 6.92. The van der Waals surface area contributed by atoms with Crippen molar-refractivity contribution >= 4 is 6.34 Å². The number of aliphatic imine (C=N–C) groups is 1. The highest BCUT2D eigenvalue weighted by atomic mass is 16.3. The molecule has 0 saturated heterocycles. The minimum absolute atomic E-state index is 0.186. The SMILES string of the molecule is CCCCCCCCCCCCCCC=CCC(CCO)(c1ccccc1)N1C=NCC1. The number of hydrogen-bond donors (Lipinski definition) is 1. The summed E-state index contributed by atoms with van der Waals surface area (Å²) in [6.45, 7) is 4.25. The van der Waals surface area contributed by atoms with Gasteiger partial charge in [-0.2, -0.15) is 0 Å². The first-order chi connectivity index (χ1) is 15.8. The van der Waals surface area contributed by atoms with Crippen LogP contribution in [0, 0.1) is 0 Å². The van der Waals surface area contributed by atoms with Gasteiger partial charge >= 0.3 is 0 Å². The Morgan fingerprint density at radius 2 is 1.50 bits per heavy atom. The van der Waals surface area contributed by atoms with Crippen LogP contribution in [0.1, 0.15) is 109 Å². The second-order valence-electron chi connectivity index (χ2n) is 9.44. The van der Waals surface area contributed by atoms with Gasteiger partial charge in [0.1, 0.15) is 0 Å². The van der Waals surface area contributed by atoms with E-state index in [1.165, 1.54) is 82.6 Å². The minimum atomic E-state index is -0.191. The maximum Gasteiger partial charge on any atom is 0.0858 e. The van der Waals surface area contributed by atoms with E-state index in [1.54, 1.807) is 0 Å². The maximum absolute atomic E-state index is 9.85. The Labute approximate surface area is 198 Å². The van der Waals surface area contributed by atoms with E-state index in [2.05, 4.69) is 59.3 Å². The fraction of sp³-hybridized carbons (Fsp3) is 0.690. The smallest absolute Gasteiger partial charge is 0.0858 e. The van der Waals surface area contributed by atoms with Gasteiger partial charge in [0, 0.05) is 13.2 Å². The summed E-state index contributed by atoms with van der Waals surface area (Å²) in [7, 11) is 0. The molecule has 1 aliphatic rings. The Morgan fingerprint density at radius 1 is 0.875 bits per heavy atom. The highest BCUT2D eigenvalue weighted by Crippen LogP contribution is 2.36. The van der Waals surface area contributed by atoms with Gasteiger partial charge in [-0.25, -0.2) is 0 Å². The van der Waals surface area contributed by atoms with Crippen LogP contribution in [0.4, 0.5) is 0 Å². The van der Waals surface area contributed by atoms with Gasteiger partial charge in [-0.3, -0.25) is 4.99 Å². The Hall–Kier alpha value is -1.61. The average molecular weight is 441 g/mol. The molecule has 32 heavy (non-hydrogen) atoms. The molecule has 1 heterocycles. The third kappa shape index (κ3) is 9.48. The van der Waals surface area contributed by atoms with E-state index in [4.69, 9.17) is 0 Å². The normalized spacial score (nSPS) is 15.6. The Balaban J connectivity index is 1.65. The molecule has 1 unspecified atom stereocenters. The van der Waals surface area contributed by atoms with E-state index in [0.29, 0.717) is 0 Å². The molecule has 3 nitrogen and oxygen atoms in total. The quantitative estimate of drug-likeness (QED) is 0.177. The Morgan fingerprint density at radius 3 is 2.06 bits per heavy atom.